The Morgan fingerprint density at radius 3 is 1.89 bits per heavy atom. The second-order valence-corrected chi connectivity index (χ2v) is 10.4. The summed E-state index contributed by atoms with van der Waals surface area (Å²) in [6, 6.07) is 1.86. The molecule has 3 unspecified atom stereocenters. The van der Waals surface area contributed by atoms with Crippen LogP contribution in [0.1, 0.15) is 33.2 Å². The zero-order valence-electron chi connectivity index (χ0n) is 24.4. The van der Waals surface area contributed by atoms with E-state index in [-0.39, 0.29) is 54.8 Å². The standard InChI is InChI=1S/C14H22N4O6.C10H15N3O5.3ClH/c1-6(2)9(16)13(21)24-11-7(5-19)23-12(10(11)20)18-4-3-8(15)17-14(18)22;1-10(17)7(15)5(4-14)18-8(10)13-3-2-6(11)12-9(13)16;;;/h3-4,6-7,9-12,19-20H,5,16H2,1-2H3,(H2,15,17,22);2-3,5,7-8,14-15,17H,4H2,1H3,(H2,11,12,16);3*1H/t7-,9?,10+,11?,12-;5-,7?,8-,10+;;;/m11.../s1. The number of esters is 1. The summed E-state index contributed by atoms with van der Waals surface area (Å²) in [5.41, 5.74) is 13.3. The number of aliphatic hydroxyl groups is 5. The zero-order chi connectivity index (χ0) is 31.5. The molecule has 2 aliphatic heterocycles. The second-order valence-electron chi connectivity index (χ2n) is 10.4. The topological polar surface area (TPSA) is 294 Å². The quantitative estimate of drug-likeness (QED) is 0.134. The van der Waals surface area contributed by atoms with E-state index in [4.69, 9.17) is 36.5 Å². The van der Waals surface area contributed by atoms with E-state index in [0.29, 0.717) is 0 Å². The van der Waals surface area contributed by atoms with E-state index in [2.05, 4.69) is 9.97 Å². The van der Waals surface area contributed by atoms with Crippen molar-refractivity contribution in [1.29, 1.82) is 0 Å². The highest BCUT2D eigenvalue weighted by Crippen LogP contribution is 2.37. The van der Waals surface area contributed by atoms with Crippen LogP contribution in [0.15, 0.2) is 34.1 Å². The minimum atomic E-state index is -1.71. The molecular formula is C24H40Cl3N7O11. The fourth-order valence-electron chi connectivity index (χ4n) is 4.34. The number of nitrogen functional groups attached to an aromatic ring is 2. The number of rotatable bonds is 7. The summed E-state index contributed by atoms with van der Waals surface area (Å²) in [4.78, 5) is 42.6. The van der Waals surface area contributed by atoms with E-state index in [1.165, 1.54) is 31.5 Å². The number of hydrogen-bond acceptors (Lipinski definition) is 16. The van der Waals surface area contributed by atoms with Gasteiger partial charge in [-0.05, 0) is 25.0 Å². The van der Waals surface area contributed by atoms with Crippen LogP contribution in [0.3, 0.4) is 0 Å². The van der Waals surface area contributed by atoms with Crippen molar-refractivity contribution < 1.29 is 44.5 Å². The monoisotopic (exact) mass is 707 g/mol. The van der Waals surface area contributed by atoms with Gasteiger partial charge in [-0.3, -0.25) is 13.9 Å². The zero-order valence-corrected chi connectivity index (χ0v) is 26.8. The molecule has 2 saturated heterocycles. The van der Waals surface area contributed by atoms with E-state index in [9.17, 15) is 34.8 Å². The van der Waals surface area contributed by atoms with Crippen molar-refractivity contribution in [2.75, 3.05) is 24.7 Å². The minimum absolute atomic E-state index is 0. The summed E-state index contributed by atoms with van der Waals surface area (Å²) in [6.07, 6.45) is -5.51. The van der Waals surface area contributed by atoms with Crippen LogP contribution in [0.2, 0.25) is 0 Å². The van der Waals surface area contributed by atoms with Crippen molar-refractivity contribution in [3.8, 4) is 0 Å². The van der Waals surface area contributed by atoms with Gasteiger partial charge < -0.3 is 56.9 Å². The van der Waals surface area contributed by atoms with Crippen molar-refractivity contribution in [3.63, 3.8) is 0 Å². The summed E-state index contributed by atoms with van der Waals surface area (Å²) in [6.45, 7) is 3.84. The van der Waals surface area contributed by atoms with E-state index < -0.39 is 85.2 Å². The maximum absolute atomic E-state index is 12.0. The van der Waals surface area contributed by atoms with Crippen molar-refractivity contribution in [2.24, 2.45) is 11.7 Å². The number of aromatic nitrogens is 4. The molecule has 2 aromatic rings. The van der Waals surface area contributed by atoms with Crippen molar-refractivity contribution in [1.82, 2.24) is 19.1 Å². The first-order valence-electron chi connectivity index (χ1n) is 12.9. The number of carbonyl (C=O) groups is 1. The van der Waals surface area contributed by atoms with Crippen LogP contribution in [0.25, 0.3) is 0 Å². The number of nitrogens with zero attached hydrogens (tertiary/aromatic N) is 4. The first-order chi connectivity index (χ1) is 19.6. The van der Waals surface area contributed by atoms with Gasteiger partial charge in [0.05, 0.1) is 13.2 Å². The van der Waals surface area contributed by atoms with Gasteiger partial charge in [0.25, 0.3) is 0 Å². The molecule has 9 atom stereocenters. The molecule has 45 heavy (non-hydrogen) atoms. The molecular weight excluding hydrogens is 669 g/mol. The Labute approximate surface area is 275 Å². The highest BCUT2D eigenvalue weighted by Gasteiger charge is 2.53. The number of nitrogens with two attached hydrogens (primary N) is 3. The number of aliphatic hydroxyl groups excluding tert-OH is 4. The Bertz CT molecular complexity index is 1370. The SMILES string of the molecule is CC(C)C(N)C(=O)OC1[C@@H](CO)O[C@@H](n2ccc(N)nc2=O)[C@H]1O.C[C@]1(O)C(O)[C@@H](CO)O[C@H]1n1ccc(N)nc1=O.Cl.Cl.Cl. The summed E-state index contributed by atoms with van der Waals surface area (Å²) >= 11 is 0. The first kappa shape index (κ1) is 42.4. The average Bonchev–Trinajstić information content (AvgIpc) is 3.35. The third-order valence-electron chi connectivity index (χ3n) is 6.90. The van der Waals surface area contributed by atoms with Crippen molar-refractivity contribution >= 4 is 54.8 Å². The molecule has 0 saturated carbocycles. The fourth-order valence-corrected chi connectivity index (χ4v) is 4.34. The molecule has 0 bridgehead atoms. The molecule has 21 heteroatoms. The third-order valence-corrected chi connectivity index (χ3v) is 6.90. The predicted molar refractivity (Wildman–Crippen MR) is 165 cm³/mol. The lowest BCUT2D eigenvalue weighted by Gasteiger charge is -2.27. The average molecular weight is 709 g/mol. The van der Waals surface area contributed by atoms with Gasteiger partial charge in [-0.1, -0.05) is 13.8 Å². The Morgan fingerprint density at radius 2 is 1.47 bits per heavy atom. The summed E-state index contributed by atoms with van der Waals surface area (Å²) in [7, 11) is 0. The van der Waals surface area contributed by atoms with E-state index in [0.717, 1.165) is 9.13 Å². The summed E-state index contributed by atoms with van der Waals surface area (Å²) < 4.78 is 18.0. The lowest BCUT2D eigenvalue weighted by Crippen LogP contribution is -2.46. The Balaban J connectivity index is 0.000000833. The van der Waals surface area contributed by atoms with Gasteiger partial charge >= 0.3 is 17.3 Å². The molecule has 2 aliphatic rings. The van der Waals surface area contributed by atoms with Gasteiger partial charge in [0.2, 0.25) is 0 Å². The molecule has 18 nitrogen and oxygen atoms in total. The van der Waals surface area contributed by atoms with Gasteiger partial charge in [0.15, 0.2) is 18.6 Å². The van der Waals surface area contributed by atoms with Crippen LogP contribution >= 0.6 is 37.2 Å². The molecule has 4 heterocycles. The lowest BCUT2D eigenvalue weighted by molar-refractivity contribution is -0.159. The van der Waals surface area contributed by atoms with Gasteiger partial charge in [-0.2, -0.15) is 9.97 Å². The minimum Gasteiger partial charge on any atom is -0.455 e. The molecule has 0 radical (unpaired) electrons. The van der Waals surface area contributed by atoms with Gasteiger partial charge in [0, 0.05) is 12.4 Å². The van der Waals surface area contributed by atoms with Gasteiger partial charge in [-0.15, -0.1) is 37.2 Å². The lowest BCUT2D eigenvalue weighted by atomic mass is 9.96. The normalized spacial score (nSPS) is 29.3. The fraction of sp³-hybridized carbons (Fsp3) is 0.625. The number of carbonyl (C=O) groups excluding carboxylic acids is 1. The third kappa shape index (κ3) is 9.23. The highest BCUT2D eigenvalue weighted by atomic mass is 35.5. The van der Waals surface area contributed by atoms with Crippen LogP contribution in [-0.2, 0) is 19.0 Å². The Hall–Kier alpha value is -2.62. The molecule has 0 spiro atoms. The van der Waals surface area contributed by atoms with E-state index in [1.54, 1.807) is 13.8 Å². The van der Waals surface area contributed by atoms with E-state index >= 15 is 0 Å². The van der Waals surface area contributed by atoms with Crippen molar-refractivity contribution in [3.05, 3.63) is 45.5 Å². The second kappa shape index (κ2) is 17.3. The highest BCUT2D eigenvalue weighted by molar-refractivity contribution is 5.86. The molecule has 4 rings (SSSR count). The van der Waals surface area contributed by atoms with Crippen LogP contribution in [0, 0.1) is 5.92 Å². The number of anilines is 2. The molecule has 2 aromatic heterocycles. The maximum atomic E-state index is 12.0. The predicted octanol–water partition coefficient (Wildman–Crippen LogP) is -2.94. The van der Waals surface area contributed by atoms with Gasteiger partial charge in [-0.25, -0.2) is 9.59 Å². The van der Waals surface area contributed by atoms with Crippen LogP contribution < -0.4 is 28.6 Å². The number of ether oxygens (including phenoxy) is 3. The molecule has 0 aromatic carbocycles. The molecule has 0 aliphatic carbocycles. The maximum Gasteiger partial charge on any atom is 0.351 e. The Kier molecular flexibility index (Phi) is 16.3. The molecule has 11 N–H and O–H groups in total. The molecule has 2 fully saturated rings. The number of hydrogen-bond donors (Lipinski definition) is 8. The van der Waals surface area contributed by atoms with Crippen LogP contribution in [0.5, 0.6) is 0 Å². The molecule has 258 valence electrons. The van der Waals surface area contributed by atoms with Crippen LogP contribution in [-0.4, -0.2) is 106 Å². The smallest absolute Gasteiger partial charge is 0.351 e. The van der Waals surface area contributed by atoms with Gasteiger partial charge in [0.1, 0.15) is 47.7 Å². The van der Waals surface area contributed by atoms with E-state index in [1.807, 2.05) is 0 Å². The van der Waals surface area contributed by atoms with Crippen LogP contribution in [0.4, 0.5) is 11.6 Å². The summed E-state index contributed by atoms with van der Waals surface area (Å²) in [5.74, 6) is -0.815. The van der Waals surface area contributed by atoms with Crippen molar-refractivity contribution in [2.45, 2.75) is 75.4 Å². The Morgan fingerprint density at radius 1 is 0.978 bits per heavy atom. The summed E-state index contributed by atoms with van der Waals surface area (Å²) in [5, 5.41) is 48.8. The number of halogens is 3. The largest absolute Gasteiger partial charge is 0.455 e. The first-order valence-corrected chi connectivity index (χ1v) is 12.9. The molecule has 0 amide bonds.